The Hall–Kier alpha value is -1.77. The van der Waals surface area contributed by atoms with E-state index in [4.69, 9.17) is 10.5 Å². The van der Waals surface area contributed by atoms with Crippen molar-refractivity contribution >= 4 is 16.5 Å². The molecule has 2 N–H and O–H groups in total. The Morgan fingerprint density at radius 2 is 2.00 bits per heavy atom. The quantitative estimate of drug-likeness (QED) is 0.838. The van der Waals surface area contributed by atoms with E-state index in [0.29, 0.717) is 6.10 Å². The first-order valence-corrected chi connectivity index (χ1v) is 7.44. The van der Waals surface area contributed by atoms with Gasteiger partial charge in [0.2, 0.25) is 0 Å². The monoisotopic (exact) mass is 270 g/mol. The van der Waals surface area contributed by atoms with Gasteiger partial charge in [0, 0.05) is 23.2 Å². The number of hydrogen-bond donors (Lipinski definition) is 1. The molecule has 0 spiro atoms. The maximum absolute atomic E-state index is 6.25. The Bertz CT molecular complexity index is 611. The molecule has 3 atom stereocenters. The molecule has 1 heterocycles. The normalized spacial score (nSPS) is 26.6. The Kier molecular flexibility index (Phi) is 3.51. The molecular formula is C17H22N2O. The molecule has 0 amide bonds. The third-order valence-corrected chi connectivity index (χ3v) is 4.67. The minimum atomic E-state index is 0.294. The molecule has 0 bridgehead atoms. The topological polar surface area (TPSA) is 48.1 Å². The number of pyridine rings is 1. The highest BCUT2D eigenvalue weighted by Crippen LogP contribution is 2.35. The van der Waals surface area contributed by atoms with Crippen molar-refractivity contribution in [2.75, 3.05) is 5.73 Å². The van der Waals surface area contributed by atoms with Crippen LogP contribution in [0.1, 0.15) is 33.1 Å². The van der Waals surface area contributed by atoms with Crippen molar-refractivity contribution in [3.8, 4) is 5.75 Å². The van der Waals surface area contributed by atoms with Crippen LogP contribution < -0.4 is 10.5 Å². The molecule has 1 fully saturated rings. The minimum Gasteiger partial charge on any atom is -0.488 e. The average molecular weight is 270 g/mol. The predicted molar refractivity (Wildman–Crippen MR) is 82.8 cm³/mol. The van der Waals surface area contributed by atoms with E-state index in [1.54, 1.807) is 6.20 Å². The first-order chi connectivity index (χ1) is 9.65. The second-order valence-electron chi connectivity index (χ2n) is 6.08. The van der Waals surface area contributed by atoms with Crippen molar-refractivity contribution < 1.29 is 4.74 Å². The maximum atomic E-state index is 6.25. The summed E-state index contributed by atoms with van der Waals surface area (Å²) in [4.78, 5) is 4.12. The van der Waals surface area contributed by atoms with E-state index in [1.807, 2.05) is 24.4 Å². The molecule has 106 valence electrons. The second-order valence-corrected chi connectivity index (χ2v) is 6.08. The van der Waals surface area contributed by atoms with E-state index < -0.39 is 0 Å². The van der Waals surface area contributed by atoms with Gasteiger partial charge < -0.3 is 10.5 Å². The van der Waals surface area contributed by atoms with Crippen molar-refractivity contribution in [1.29, 1.82) is 0 Å². The van der Waals surface area contributed by atoms with E-state index >= 15 is 0 Å². The van der Waals surface area contributed by atoms with Crippen LogP contribution in [-0.4, -0.2) is 11.1 Å². The molecule has 1 saturated carbocycles. The summed E-state index contributed by atoms with van der Waals surface area (Å²) in [5.41, 5.74) is 6.98. The Morgan fingerprint density at radius 3 is 2.80 bits per heavy atom. The minimum absolute atomic E-state index is 0.294. The number of fused-ring (bicyclic) bond motifs is 1. The number of nitrogen functional groups attached to an aromatic ring is 1. The van der Waals surface area contributed by atoms with Gasteiger partial charge in [-0.05, 0) is 49.3 Å². The van der Waals surface area contributed by atoms with E-state index in [1.165, 1.54) is 6.42 Å². The summed E-state index contributed by atoms with van der Waals surface area (Å²) in [6.45, 7) is 4.65. The lowest BCUT2D eigenvalue weighted by atomic mass is 9.80. The van der Waals surface area contributed by atoms with Gasteiger partial charge in [-0.3, -0.25) is 4.98 Å². The van der Waals surface area contributed by atoms with Gasteiger partial charge >= 0.3 is 0 Å². The predicted octanol–water partition coefficient (Wildman–Crippen LogP) is 4.02. The number of nitrogens with two attached hydrogens (primary N) is 1. The van der Waals surface area contributed by atoms with Crippen molar-refractivity contribution in [2.24, 2.45) is 11.8 Å². The SMILES string of the molecule is CC1CCC(Oc2ccc3cnccc3c2N)CC1C. The van der Waals surface area contributed by atoms with Gasteiger partial charge in [-0.2, -0.15) is 0 Å². The highest BCUT2D eigenvalue weighted by molar-refractivity contribution is 5.95. The molecule has 2 aromatic rings. The van der Waals surface area contributed by atoms with Crippen molar-refractivity contribution in [3.05, 3.63) is 30.6 Å². The molecule has 0 saturated heterocycles. The fraction of sp³-hybridized carbons (Fsp3) is 0.471. The Labute approximate surface area is 120 Å². The summed E-state index contributed by atoms with van der Waals surface area (Å²) in [6.07, 6.45) is 7.38. The van der Waals surface area contributed by atoms with Gasteiger partial charge in [-0.1, -0.05) is 13.8 Å². The largest absolute Gasteiger partial charge is 0.488 e. The summed E-state index contributed by atoms with van der Waals surface area (Å²) >= 11 is 0. The third kappa shape index (κ3) is 2.45. The average Bonchev–Trinajstić information content (AvgIpc) is 2.46. The Balaban J connectivity index is 1.83. The van der Waals surface area contributed by atoms with Gasteiger partial charge in [0.05, 0.1) is 11.8 Å². The number of hydrogen-bond acceptors (Lipinski definition) is 3. The first-order valence-electron chi connectivity index (χ1n) is 7.44. The van der Waals surface area contributed by atoms with Crippen LogP contribution in [0.2, 0.25) is 0 Å². The van der Waals surface area contributed by atoms with Gasteiger partial charge in [0.25, 0.3) is 0 Å². The van der Waals surface area contributed by atoms with Gasteiger partial charge in [-0.15, -0.1) is 0 Å². The van der Waals surface area contributed by atoms with Gasteiger partial charge in [0.1, 0.15) is 5.75 Å². The van der Waals surface area contributed by atoms with Crippen molar-refractivity contribution in [3.63, 3.8) is 0 Å². The molecular weight excluding hydrogens is 248 g/mol. The van der Waals surface area contributed by atoms with E-state index in [9.17, 15) is 0 Å². The van der Waals surface area contributed by atoms with E-state index in [-0.39, 0.29) is 0 Å². The van der Waals surface area contributed by atoms with Crippen LogP contribution in [-0.2, 0) is 0 Å². The van der Waals surface area contributed by atoms with Gasteiger partial charge in [0.15, 0.2) is 0 Å². The fourth-order valence-electron chi connectivity index (χ4n) is 3.06. The summed E-state index contributed by atoms with van der Waals surface area (Å²) in [6, 6.07) is 5.95. The highest BCUT2D eigenvalue weighted by Gasteiger charge is 2.26. The van der Waals surface area contributed by atoms with Crippen molar-refractivity contribution in [2.45, 2.75) is 39.2 Å². The summed E-state index contributed by atoms with van der Waals surface area (Å²) in [5, 5.41) is 2.08. The maximum Gasteiger partial charge on any atom is 0.143 e. The standard InChI is InChI=1S/C17H22N2O/c1-11-3-5-14(9-12(11)2)20-16-6-4-13-10-19-8-7-15(13)17(16)18/h4,6-8,10-12,14H,3,5,9,18H2,1-2H3. The molecule has 3 nitrogen and oxygen atoms in total. The van der Waals surface area contributed by atoms with Crippen LogP contribution in [0.15, 0.2) is 30.6 Å². The molecule has 1 aliphatic rings. The number of nitrogens with zero attached hydrogens (tertiary/aromatic N) is 1. The Morgan fingerprint density at radius 1 is 1.15 bits per heavy atom. The third-order valence-electron chi connectivity index (χ3n) is 4.67. The van der Waals surface area contributed by atoms with Crippen LogP contribution in [0.4, 0.5) is 5.69 Å². The van der Waals surface area contributed by atoms with Crippen LogP contribution >= 0.6 is 0 Å². The van der Waals surface area contributed by atoms with E-state index in [0.717, 1.165) is 46.9 Å². The zero-order valence-electron chi connectivity index (χ0n) is 12.2. The fourth-order valence-corrected chi connectivity index (χ4v) is 3.06. The lowest BCUT2D eigenvalue weighted by Gasteiger charge is -2.32. The van der Waals surface area contributed by atoms with Gasteiger partial charge in [-0.25, -0.2) is 0 Å². The smallest absolute Gasteiger partial charge is 0.143 e. The first kappa shape index (κ1) is 13.2. The number of rotatable bonds is 2. The molecule has 0 aliphatic heterocycles. The highest BCUT2D eigenvalue weighted by atomic mass is 16.5. The number of ether oxygens (including phenoxy) is 1. The lowest BCUT2D eigenvalue weighted by molar-refractivity contribution is 0.101. The van der Waals surface area contributed by atoms with Crippen LogP contribution in [0.25, 0.3) is 10.8 Å². The molecule has 0 radical (unpaired) electrons. The zero-order valence-corrected chi connectivity index (χ0v) is 12.2. The molecule has 1 aromatic heterocycles. The molecule has 20 heavy (non-hydrogen) atoms. The molecule has 3 unspecified atom stereocenters. The molecule has 1 aliphatic carbocycles. The summed E-state index contributed by atoms with van der Waals surface area (Å²) in [5.74, 6) is 2.34. The lowest BCUT2D eigenvalue weighted by Crippen LogP contribution is -2.29. The molecule has 1 aromatic carbocycles. The number of aromatic nitrogens is 1. The van der Waals surface area contributed by atoms with Crippen LogP contribution in [0.3, 0.4) is 0 Å². The summed E-state index contributed by atoms with van der Waals surface area (Å²) in [7, 11) is 0. The molecule has 3 heteroatoms. The summed E-state index contributed by atoms with van der Waals surface area (Å²) < 4.78 is 6.17. The van der Waals surface area contributed by atoms with E-state index in [2.05, 4.69) is 18.8 Å². The number of benzene rings is 1. The number of anilines is 1. The van der Waals surface area contributed by atoms with Crippen LogP contribution in [0, 0.1) is 11.8 Å². The van der Waals surface area contributed by atoms with Crippen molar-refractivity contribution in [1.82, 2.24) is 4.98 Å². The zero-order chi connectivity index (χ0) is 14.1. The molecule has 3 rings (SSSR count). The second kappa shape index (κ2) is 5.31. The van der Waals surface area contributed by atoms with Crippen LogP contribution in [0.5, 0.6) is 5.75 Å².